The quantitative estimate of drug-likeness (QED) is 0.268. The fourth-order valence-electron chi connectivity index (χ4n) is 5.79. The van der Waals surface area contributed by atoms with Crippen LogP contribution in [0.4, 0.5) is 18.9 Å². The van der Waals surface area contributed by atoms with Gasteiger partial charge in [0.1, 0.15) is 5.41 Å². The SMILES string of the molecule is CC(C)(C(=O)NC1CCC(CC(=O)Nc2cnc(-c3ccc(C4(N)CCC4)cc3)c(-c3cccnc3)c2)CC1)C(F)(F)F. The molecule has 0 unspecified atom stereocenters. The molecule has 1 aromatic carbocycles. The fourth-order valence-corrected chi connectivity index (χ4v) is 5.79. The number of benzene rings is 1. The molecule has 2 aromatic heterocycles. The van der Waals surface area contributed by atoms with Gasteiger partial charge in [-0.1, -0.05) is 30.3 Å². The van der Waals surface area contributed by atoms with Gasteiger partial charge in [-0.15, -0.1) is 0 Å². The number of hydrogen-bond acceptors (Lipinski definition) is 5. The number of pyridine rings is 2. The summed E-state index contributed by atoms with van der Waals surface area (Å²) in [4.78, 5) is 34.2. The minimum absolute atomic E-state index is 0.0776. The zero-order valence-corrected chi connectivity index (χ0v) is 24.5. The van der Waals surface area contributed by atoms with E-state index in [4.69, 9.17) is 10.7 Å². The first kappa shape index (κ1) is 30.7. The van der Waals surface area contributed by atoms with E-state index in [9.17, 15) is 22.8 Å². The van der Waals surface area contributed by atoms with Crippen molar-refractivity contribution >= 4 is 17.5 Å². The van der Waals surface area contributed by atoms with Crippen LogP contribution < -0.4 is 16.4 Å². The molecule has 2 aliphatic rings. The second kappa shape index (κ2) is 12.1. The van der Waals surface area contributed by atoms with E-state index >= 15 is 0 Å². The molecule has 2 heterocycles. The number of carbonyl (C=O) groups is 2. The molecule has 0 bridgehead atoms. The van der Waals surface area contributed by atoms with Crippen LogP contribution in [0.25, 0.3) is 22.4 Å². The monoisotopic (exact) mass is 593 g/mol. The minimum atomic E-state index is -4.62. The van der Waals surface area contributed by atoms with Crippen LogP contribution >= 0.6 is 0 Å². The van der Waals surface area contributed by atoms with E-state index in [1.807, 2.05) is 30.3 Å². The van der Waals surface area contributed by atoms with Gasteiger partial charge in [-0.2, -0.15) is 13.2 Å². The van der Waals surface area contributed by atoms with Gasteiger partial charge in [0.05, 0.1) is 17.6 Å². The van der Waals surface area contributed by atoms with Gasteiger partial charge in [-0.05, 0) is 82.4 Å². The fraction of sp³-hybridized carbons (Fsp3) is 0.455. The summed E-state index contributed by atoms with van der Waals surface area (Å²) in [6, 6.07) is 13.6. The third kappa shape index (κ3) is 6.74. The third-order valence-corrected chi connectivity index (χ3v) is 9.06. The van der Waals surface area contributed by atoms with Crippen LogP contribution in [-0.4, -0.2) is 34.0 Å². The molecule has 228 valence electrons. The summed E-state index contributed by atoms with van der Waals surface area (Å²) < 4.78 is 39.6. The van der Waals surface area contributed by atoms with Gasteiger partial charge < -0.3 is 16.4 Å². The van der Waals surface area contributed by atoms with Crippen molar-refractivity contribution in [3.05, 3.63) is 66.6 Å². The Kier molecular flexibility index (Phi) is 8.61. The molecule has 2 fully saturated rings. The predicted octanol–water partition coefficient (Wildman–Crippen LogP) is 6.74. The lowest BCUT2D eigenvalue weighted by Gasteiger charge is -2.38. The highest BCUT2D eigenvalue weighted by Crippen LogP contribution is 2.40. The van der Waals surface area contributed by atoms with Gasteiger partial charge in [0.2, 0.25) is 11.8 Å². The van der Waals surface area contributed by atoms with E-state index in [1.54, 1.807) is 18.6 Å². The molecule has 2 aliphatic carbocycles. The Hall–Kier alpha value is -3.79. The average molecular weight is 594 g/mol. The number of nitrogens with two attached hydrogens (primary N) is 1. The van der Waals surface area contributed by atoms with Gasteiger partial charge >= 0.3 is 6.18 Å². The Morgan fingerprint density at radius 3 is 2.28 bits per heavy atom. The predicted molar refractivity (Wildman–Crippen MR) is 160 cm³/mol. The number of alkyl halides is 3. The lowest BCUT2D eigenvalue weighted by Crippen LogP contribution is -2.50. The highest BCUT2D eigenvalue weighted by atomic mass is 19.4. The number of nitrogens with zero attached hydrogens (tertiary/aromatic N) is 2. The van der Waals surface area contributed by atoms with Crippen molar-refractivity contribution < 1.29 is 22.8 Å². The summed E-state index contributed by atoms with van der Waals surface area (Å²) in [6.07, 6.45) is 6.22. The Bertz CT molecular complexity index is 1450. The molecule has 0 atom stereocenters. The molecule has 0 spiro atoms. The summed E-state index contributed by atoms with van der Waals surface area (Å²) in [7, 11) is 0. The van der Waals surface area contributed by atoms with E-state index in [-0.39, 0.29) is 29.8 Å². The van der Waals surface area contributed by atoms with Crippen LogP contribution in [0.2, 0.25) is 0 Å². The van der Waals surface area contributed by atoms with Crippen LogP contribution in [0.3, 0.4) is 0 Å². The van der Waals surface area contributed by atoms with E-state index in [0.29, 0.717) is 31.4 Å². The first-order valence-corrected chi connectivity index (χ1v) is 14.8. The lowest BCUT2D eigenvalue weighted by molar-refractivity contribution is -0.211. The average Bonchev–Trinajstić information content (AvgIpc) is 2.97. The van der Waals surface area contributed by atoms with Crippen molar-refractivity contribution in [2.24, 2.45) is 17.1 Å². The highest BCUT2D eigenvalue weighted by molar-refractivity contribution is 5.93. The molecule has 10 heteroatoms. The summed E-state index contributed by atoms with van der Waals surface area (Å²) in [5.74, 6) is -1.09. The molecule has 0 radical (unpaired) electrons. The second-order valence-corrected chi connectivity index (χ2v) is 12.5. The topological polar surface area (TPSA) is 110 Å². The molecular formula is C33H38F3N5O2. The van der Waals surface area contributed by atoms with Crippen LogP contribution in [0, 0.1) is 11.3 Å². The number of aromatic nitrogens is 2. The molecule has 3 aromatic rings. The zero-order chi connectivity index (χ0) is 30.8. The number of halogens is 3. The number of amides is 2. The normalized spacial score (nSPS) is 20.1. The van der Waals surface area contributed by atoms with Crippen LogP contribution in [0.5, 0.6) is 0 Å². The van der Waals surface area contributed by atoms with Gasteiger partial charge in [-0.25, -0.2) is 0 Å². The Labute approximate surface area is 249 Å². The lowest BCUT2D eigenvalue weighted by atomic mass is 9.72. The molecule has 4 N–H and O–H groups in total. The first-order valence-electron chi connectivity index (χ1n) is 14.8. The third-order valence-electron chi connectivity index (χ3n) is 9.06. The summed E-state index contributed by atoms with van der Waals surface area (Å²) in [6.45, 7) is 1.78. The van der Waals surface area contributed by atoms with Crippen LogP contribution in [0.15, 0.2) is 61.1 Å². The van der Waals surface area contributed by atoms with Gasteiger partial charge in [0.25, 0.3) is 0 Å². The molecule has 2 amide bonds. The number of anilines is 1. The van der Waals surface area contributed by atoms with Crippen molar-refractivity contribution in [1.82, 2.24) is 15.3 Å². The summed E-state index contributed by atoms with van der Waals surface area (Å²) in [5, 5.41) is 5.53. The van der Waals surface area contributed by atoms with Crippen molar-refractivity contribution in [2.45, 2.75) is 83.0 Å². The molecule has 0 saturated heterocycles. The van der Waals surface area contributed by atoms with Crippen molar-refractivity contribution in [3.8, 4) is 22.4 Å². The standard InChI is InChI=1S/C33H38F3N5O2/c1-31(2,33(34,35)36)30(43)41-25-12-6-21(7-13-25)17-28(42)40-26-18-27(23-5-3-16-38-19-23)29(39-20-26)22-8-10-24(11-9-22)32(37)14-4-15-32/h3,5,8-11,16,18-21,25H,4,6-7,12-15,17,37H2,1-2H3,(H,40,42)(H,41,43). The molecule has 2 saturated carbocycles. The molecule has 7 nitrogen and oxygen atoms in total. The largest absolute Gasteiger partial charge is 0.402 e. The zero-order valence-electron chi connectivity index (χ0n) is 24.5. The summed E-state index contributed by atoms with van der Waals surface area (Å²) >= 11 is 0. The molecule has 0 aliphatic heterocycles. The van der Waals surface area contributed by atoms with Gasteiger partial charge in [-0.3, -0.25) is 19.6 Å². The number of carbonyl (C=O) groups excluding carboxylic acids is 2. The van der Waals surface area contributed by atoms with E-state index in [1.165, 1.54) is 0 Å². The van der Waals surface area contributed by atoms with Crippen molar-refractivity contribution in [1.29, 1.82) is 0 Å². The molecule has 43 heavy (non-hydrogen) atoms. The maximum atomic E-state index is 13.2. The van der Waals surface area contributed by atoms with Gasteiger partial charge in [0, 0.05) is 47.1 Å². The maximum Gasteiger partial charge on any atom is 0.402 e. The number of nitrogens with one attached hydrogen (secondary N) is 2. The molecule has 5 rings (SSSR count). The summed E-state index contributed by atoms with van der Waals surface area (Å²) in [5.41, 5.74) is 8.90. The van der Waals surface area contributed by atoms with Crippen molar-refractivity contribution in [3.63, 3.8) is 0 Å². The highest BCUT2D eigenvalue weighted by Gasteiger charge is 2.53. The van der Waals surface area contributed by atoms with Crippen LogP contribution in [0.1, 0.15) is 70.8 Å². The Morgan fingerprint density at radius 2 is 1.70 bits per heavy atom. The van der Waals surface area contributed by atoms with Crippen molar-refractivity contribution in [2.75, 3.05) is 5.32 Å². The Morgan fingerprint density at radius 1 is 1.00 bits per heavy atom. The van der Waals surface area contributed by atoms with E-state index < -0.39 is 17.5 Å². The molecular weight excluding hydrogens is 555 g/mol. The Balaban J connectivity index is 1.22. The number of rotatable bonds is 8. The minimum Gasteiger partial charge on any atom is -0.353 e. The van der Waals surface area contributed by atoms with Crippen LogP contribution in [-0.2, 0) is 15.1 Å². The maximum absolute atomic E-state index is 13.2. The smallest absolute Gasteiger partial charge is 0.353 e. The number of hydrogen-bond donors (Lipinski definition) is 3. The second-order valence-electron chi connectivity index (χ2n) is 12.5. The van der Waals surface area contributed by atoms with Gasteiger partial charge in [0.15, 0.2) is 0 Å². The van der Waals surface area contributed by atoms with E-state index in [0.717, 1.165) is 61.1 Å². The van der Waals surface area contributed by atoms with E-state index in [2.05, 4.69) is 27.8 Å². The first-order chi connectivity index (χ1) is 20.4.